The van der Waals surface area contributed by atoms with Gasteiger partial charge in [0.15, 0.2) is 5.13 Å². The predicted molar refractivity (Wildman–Crippen MR) is 106 cm³/mol. The highest BCUT2D eigenvalue weighted by Gasteiger charge is 2.12. The number of benzene rings is 2. The van der Waals surface area contributed by atoms with Gasteiger partial charge in [0.2, 0.25) is 5.91 Å². The van der Waals surface area contributed by atoms with Gasteiger partial charge in [-0.2, -0.15) is 0 Å². The molecule has 0 fully saturated rings. The van der Waals surface area contributed by atoms with Crippen molar-refractivity contribution in [3.63, 3.8) is 0 Å². The van der Waals surface area contributed by atoms with E-state index >= 15 is 0 Å². The number of rotatable bonds is 7. The van der Waals surface area contributed by atoms with Crippen LogP contribution in [-0.4, -0.2) is 30.1 Å². The summed E-state index contributed by atoms with van der Waals surface area (Å²) in [5.74, 6) is 0.0741. The molecule has 8 heteroatoms. The molecule has 0 radical (unpaired) electrons. The summed E-state index contributed by atoms with van der Waals surface area (Å²) in [6, 6.07) is 12.0. The Kier molecular flexibility index (Phi) is 6.26. The van der Waals surface area contributed by atoms with Crippen LogP contribution in [0.3, 0.4) is 0 Å². The van der Waals surface area contributed by atoms with E-state index in [1.165, 1.54) is 11.3 Å². The number of nitrogens with one attached hydrogen (secondary N) is 1. The molecule has 0 aliphatic heterocycles. The van der Waals surface area contributed by atoms with Gasteiger partial charge in [-0.15, -0.1) is 0 Å². The predicted octanol–water partition coefficient (Wildman–Crippen LogP) is 4.53. The molecule has 1 aromatic heterocycles. The Hall–Kier alpha value is -2.64. The largest absolute Gasteiger partial charge is 0.493 e. The summed E-state index contributed by atoms with van der Waals surface area (Å²) in [4.78, 5) is 28.2. The molecule has 1 N–H and O–H groups in total. The number of fused-ring (bicyclic) bond motifs is 1. The fourth-order valence-corrected chi connectivity index (χ4v) is 3.34. The van der Waals surface area contributed by atoms with Gasteiger partial charge in [-0.1, -0.05) is 22.9 Å². The molecule has 140 valence electrons. The standard InChI is InChI=1S/C19H17ClN2O4S/c1-2-25-18(24)12-3-8-15-16(11-12)27-19(21-15)22-17(23)9-10-26-14-6-4-13(20)5-7-14/h3-8,11H,2,9-10H2,1H3,(H,21,22,23). The molecule has 0 atom stereocenters. The van der Waals surface area contributed by atoms with E-state index in [-0.39, 0.29) is 24.9 Å². The van der Waals surface area contributed by atoms with Crippen molar-refractivity contribution in [3.05, 3.63) is 53.1 Å². The zero-order chi connectivity index (χ0) is 19.2. The van der Waals surface area contributed by atoms with Crippen molar-refractivity contribution in [3.8, 4) is 5.75 Å². The number of nitrogens with zero attached hydrogens (tertiary/aromatic N) is 1. The second-order valence-corrected chi connectivity index (χ2v) is 6.99. The second-order valence-electron chi connectivity index (χ2n) is 5.52. The average molecular weight is 405 g/mol. The second kappa shape index (κ2) is 8.83. The molecule has 0 aliphatic carbocycles. The van der Waals surface area contributed by atoms with E-state index in [0.29, 0.717) is 33.6 Å². The van der Waals surface area contributed by atoms with Crippen LogP contribution >= 0.6 is 22.9 Å². The molecule has 0 saturated carbocycles. The third kappa shape index (κ3) is 5.18. The summed E-state index contributed by atoms with van der Waals surface area (Å²) in [5.41, 5.74) is 1.17. The topological polar surface area (TPSA) is 77.5 Å². The first-order chi connectivity index (χ1) is 13.0. The van der Waals surface area contributed by atoms with Crippen LogP contribution < -0.4 is 10.1 Å². The lowest BCUT2D eigenvalue weighted by molar-refractivity contribution is -0.116. The van der Waals surface area contributed by atoms with Gasteiger partial charge in [0.25, 0.3) is 0 Å². The minimum atomic E-state index is -0.377. The maximum Gasteiger partial charge on any atom is 0.338 e. The summed E-state index contributed by atoms with van der Waals surface area (Å²) < 4.78 is 11.3. The van der Waals surface area contributed by atoms with Crippen LogP contribution in [0.5, 0.6) is 5.75 Å². The molecule has 1 amide bonds. The third-order valence-electron chi connectivity index (χ3n) is 3.56. The van der Waals surface area contributed by atoms with Gasteiger partial charge in [-0.3, -0.25) is 4.79 Å². The van der Waals surface area contributed by atoms with Crippen LogP contribution in [0.4, 0.5) is 5.13 Å². The van der Waals surface area contributed by atoms with E-state index in [2.05, 4.69) is 10.3 Å². The average Bonchev–Trinajstić information content (AvgIpc) is 3.04. The molecule has 3 aromatic rings. The van der Waals surface area contributed by atoms with Crippen molar-refractivity contribution < 1.29 is 19.1 Å². The van der Waals surface area contributed by atoms with Gasteiger partial charge in [-0.25, -0.2) is 9.78 Å². The van der Waals surface area contributed by atoms with Gasteiger partial charge in [-0.05, 0) is 49.4 Å². The first-order valence-corrected chi connectivity index (χ1v) is 9.50. The number of amides is 1. The molecular weight excluding hydrogens is 388 g/mol. The van der Waals surface area contributed by atoms with Crippen molar-refractivity contribution in [1.82, 2.24) is 4.98 Å². The lowest BCUT2D eigenvalue weighted by atomic mass is 10.2. The number of thiazole rings is 1. The van der Waals surface area contributed by atoms with Crippen LogP contribution in [0.1, 0.15) is 23.7 Å². The number of halogens is 1. The van der Waals surface area contributed by atoms with Gasteiger partial charge in [0.05, 0.1) is 35.4 Å². The Bertz CT molecular complexity index is 956. The molecule has 0 bridgehead atoms. The molecular formula is C19H17ClN2O4S. The number of carbonyl (C=O) groups excluding carboxylic acids is 2. The van der Waals surface area contributed by atoms with Crippen LogP contribution in [-0.2, 0) is 9.53 Å². The van der Waals surface area contributed by atoms with E-state index in [1.807, 2.05) is 0 Å². The van der Waals surface area contributed by atoms with Crippen molar-refractivity contribution in [2.75, 3.05) is 18.5 Å². The molecule has 2 aromatic carbocycles. The van der Waals surface area contributed by atoms with E-state index < -0.39 is 0 Å². The van der Waals surface area contributed by atoms with Crippen molar-refractivity contribution in [2.24, 2.45) is 0 Å². The molecule has 6 nitrogen and oxygen atoms in total. The van der Waals surface area contributed by atoms with E-state index in [1.54, 1.807) is 49.4 Å². The van der Waals surface area contributed by atoms with Gasteiger partial charge < -0.3 is 14.8 Å². The van der Waals surface area contributed by atoms with Crippen molar-refractivity contribution in [2.45, 2.75) is 13.3 Å². The molecule has 27 heavy (non-hydrogen) atoms. The van der Waals surface area contributed by atoms with Crippen molar-refractivity contribution >= 4 is 50.2 Å². The summed E-state index contributed by atoms with van der Waals surface area (Å²) in [7, 11) is 0. The summed E-state index contributed by atoms with van der Waals surface area (Å²) in [5, 5.41) is 3.85. The molecule has 0 spiro atoms. The molecule has 3 rings (SSSR count). The van der Waals surface area contributed by atoms with Gasteiger partial charge in [0, 0.05) is 5.02 Å². The number of ether oxygens (including phenoxy) is 2. The summed E-state index contributed by atoms with van der Waals surface area (Å²) in [6.45, 7) is 2.32. The Morgan fingerprint density at radius 3 is 2.70 bits per heavy atom. The molecule has 0 unspecified atom stereocenters. The Morgan fingerprint density at radius 1 is 1.19 bits per heavy atom. The number of aromatic nitrogens is 1. The van der Waals surface area contributed by atoms with Crippen LogP contribution in [0, 0.1) is 0 Å². The van der Waals surface area contributed by atoms with Crippen LogP contribution in [0.2, 0.25) is 5.02 Å². The molecule has 0 saturated heterocycles. The zero-order valence-corrected chi connectivity index (χ0v) is 16.1. The maximum absolute atomic E-state index is 12.1. The van der Waals surface area contributed by atoms with Crippen LogP contribution in [0.15, 0.2) is 42.5 Å². The quantitative estimate of drug-likeness (QED) is 0.585. The van der Waals surface area contributed by atoms with E-state index in [4.69, 9.17) is 21.1 Å². The number of esters is 1. The number of anilines is 1. The Balaban J connectivity index is 1.56. The smallest absolute Gasteiger partial charge is 0.338 e. The first-order valence-electron chi connectivity index (χ1n) is 8.31. The normalized spacial score (nSPS) is 10.6. The highest BCUT2D eigenvalue weighted by molar-refractivity contribution is 7.22. The highest BCUT2D eigenvalue weighted by atomic mass is 35.5. The fourth-order valence-electron chi connectivity index (χ4n) is 2.29. The third-order valence-corrected chi connectivity index (χ3v) is 4.74. The summed E-state index contributed by atoms with van der Waals surface area (Å²) >= 11 is 7.11. The highest BCUT2D eigenvalue weighted by Crippen LogP contribution is 2.27. The van der Waals surface area contributed by atoms with Crippen molar-refractivity contribution in [1.29, 1.82) is 0 Å². The molecule has 0 aliphatic rings. The minimum absolute atomic E-state index is 0.187. The maximum atomic E-state index is 12.1. The number of hydrogen-bond acceptors (Lipinski definition) is 6. The van der Waals surface area contributed by atoms with E-state index in [9.17, 15) is 9.59 Å². The number of hydrogen-bond donors (Lipinski definition) is 1. The van der Waals surface area contributed by atoms with Crippen LogP contribution in [0.25, 0.3) is 10.2 Å². The van der Waals surface area contributed by atoms with Gasteiger partial charge >= 0.3 is 5.97 Å². The monoisotopic (exact) mass is 404 g/mol. The Morgan fingerprint density at radius 2 is 1.96 bits per heavy atom. The SMILES string of the molecule is CCOC(=O)c1ccc2nc(NC(=O)CCOc3ccc(Cl)cc3)sc2c1. The fraction of sp³-hybridized carbons (Fsp3) is 0.211. The Labute approximate surface area is 165 Å². The van der Waals surface area contributed by atoms with E-state index in [0.717, 1.165) is 4.70 Å². The lowest BCUT2D eigenvalue weighted by Gasteiger charge is -2.05. The zero-order valence-electron chi connectivity index (χ0n) is 14.5. The first kappa shape index (κ1) is 19.1. The lowest BCUT2D eigenvalue weighted by Crippen LogP contribution is -2.14. The molecule has 1 heterocycles. The minimum Gasteiger partial charge on any atom is -0.493 e. The van der Waals surface area contributed by atoms with Gasteiger partial charge in [0.1, 0.15) is 5.75 Å². The summed E-state index contributed by atoms with van der Waals surface area (Å²) in [6.07, 6.45) is 0.187. The number of carbonyl (C=O) groups is 2.